The van der Waals surface area contributed by atoms with Crippen LogP contribution in [-0.4, -0.2) is 15.0 Å². The van der Waals surface area contributed by atoms with Gasteiger partial charge in [-0.05, 0) is 55.5 Å². The lowest BCUT2D eigenvalue weighted by Crippen LogP contribution is -2.30. The lowest BCUT2D eigenvalue weighted by molar-refractivity contribution is 0.482. The molecule has 0 bridgehead atoms. The highest BCUT2D eigenvalue weighted by molar-refractivity contribution is 7.92. The van der Waals surface area contributed by atoms with Gasteiger partial charge in [0.1, 0.15) is 11.5 Å². The third-order valence-electron chi connectivity index (χ3n) is 3.72. The first-order valence-corrected chi connectivity index (χ1v) is 9.46. The van der Waals surface area contributed by atoms with E-state index >= 15 is 0 Å². The van der Waals surface area contributed by atoms with Gasteiger partial charge in [0.15, 0.2) is 0 Å². The highest BCUT2D eigenvalue weighted by Gasteiger charge is 2.23. The number of rotatable bonds is 6. The molecule has 0 aliphatic rings. The van der Waals surface area contributed by atoms with E-state index in [1.807, 2.05) is 37.3 Å². The number of hydrogen-bond acceptors (Lipinski definition) is 3. The summed E-state index contributed by atoms with van der Waals surface area (Å²) in [5.74, 6) is 1.39. The Hall–Kier alpha value is -2.79. The van der Waals surface area contributed by atoms with Gasteiger partial charge in [-0.1, -0.05) is 36.4 Å². The van der Waals surface area contributed by atoms with Gasteiger partial charge < -0.3 is 4.74 Å². The number of para-hydroxylation sites is 1. The maximum atomic E-state index is 12.8. The molecule has 3 aromatic rings. The summed E-state index contributed by atoms with van der Waals surface area (Å²) in [6, 6.07) is 24.9. The molecule has 0 heterocycles. The van der Waals surface area contributed by atoms with Crippen molar-refractivity contribution in [2.45, 2.75) is 11.8 Å². The third kappa shape index (κ3) is 3.83. The van der Waals surface area contributed by atoms with Crippen LogP contribution in [-0.2, 0) is 10.0 Å². The lowest BCUT2D eigenvalue weighted by atomic mass is 10.3. The molecule has 5 heteroatoms. The van der Waals surface area contributed by atoms with Crippen LogP contribution in [0.3, 0.4) is 0 Å². The molecule has 3 rings (SSSR count). The molecule has 128 valence electrons. The third-order valence-corrected chi connectivity index (χ3v) is 5.64. The monoisotopic (exact) mass is 353 g/mol. The van der Waals surface area contributed by atoms with E-state index in [9.17, 15) is 8.42 Å². The van der Waals surface area contributed by atoms with Crippen molar-refractivity contribution in [3.05, 3.63) is 84.9 Å². The number of nitrogens with zero attached hydrogens (tertiary/aromatic N) is 1. The molecular weight excluding hydrogens is 334 g/mol. The van der Waals surface area contributed by atoms with Crippen molar-refractivity contribution >= 4 is 15.7 Å². The van der Waals surface area contributed by atoms with E-state index in [0.717, 1.165) is 5.75 Å². The van der Waals surface area contributed by atoms with Gasteiger partial charge >= 0.3 is 0 Å². The molecule has 0 amide bonds. The summed E-state index contributed by atoms with van der Waals surface area (Å²) in [7, 11) is -3.58. The van der Waals surface area contributed by atoms with Crippen LogP contribution < -0.4 is 9.04 Å². The zero-order valence-corrected chi connectivity index (χ0v) is 14.7. The summed E-state index contributed by atoms with van der Waals surface area (Å²) in [6.07, 6.45) is 0. The van der Waals surface area contributed by atoms with Crippen molar-refractivity contribution < 1.29 is 13.2 Å². The summed E-state index contributed by atoms with van der Waals surface area (Å²) >= 11 is 0. The average Bonchev–Trinajstić information content (AvgIpc) is 2.65. The number of benzene rings is 3. The van der Waals surface area contributed by atoms with Crippen LogP contribution in [0.1, 0.15) is 6.92 Å². The molecule has 0 saturated carbocycles. The zero-order valence-electron chi connectivity index (χ0n) is 13.9. The van der Waals surface area contributed by atoms with Crippen molar-refractivity contribution in [2.24, 2.45) is 0 Å². The molecule has 0 aliphatic carbocycles. The van der Waals surface area contributed by atoms with Gasteiger partial charge in [0.2, 0.25) is 0 Å². The molecule has 0 aliphatic heterocycles. The van der Waals surface area contributed by atoms with Crippen molar-refractivity contribution in [1.29, 1.82) is 0 Å². The Morgan fingerprint density at radius 3 is 1.84 bits per heavy atom. The Bertz CT molecular complexity index is 908. The lowest BCUT2D eigenvalue weighted by Gasteiger charge is -2.23. The van der Waals surface area contributed by atoms with Gasteiger partial charge in [0.05, 0.1) is 10.6 Å². The summed E-state index contributed by atoms with van der Waals surface area (Å²) < 4.78 is 32.8. The molecule has 0 atom stereocenters. The summed E-state index contributed by atoms with van der Waals surface area (Å²) in [6.45, 7) is 2.16. The smallest absolute Gasteiger partial charge is 0.264 e. The van der Waals surface area contributed by atoms with Gasteiger partial charge in [-0.25, -0.2) is 8.42 Å². The predicted molar refractivity (Wildman–Crippen MR) is 99.6 cm³/mol. The summed E-state index contributed by atoms with van der Waals surface area (Å²) in [5, 5.41) is 0. The average molecular weight is 353 g/mol. The van der Waals surface area contributed by atoms with Crippen LogP contribution in [0, 0.1) is 0 Å². The van der Waals surface area contributed by atoms with Gasteiger partial charge in [0, 0.05) is 6.54 Å². The second kappa shape index (κ2) is 7.40. The number of ether oxygens (including phenoxy) is 1. The quantitative estimate of drug-likeness (QED) is 0.646. The largest absolute Gasteiger partial charge is 0.457 e. The van der Waals surface area contributed by atoms with Crippen LogP contribution >= 0.6 is 0 Å². The van der Waals surface area contributed by atoms with Crippen molar-refractivity contribution in [1.82, 2.24) is 0 Å². The highest BCUT2D eigenvalue weighted by Crippen LogP contribution is 2.27. The number of sulfonamides is 1. The molecule has 4 nitrogen and oxygen atoms in total. The Kier molecular flexibility index (Phi) is 5.05. The van der Waals surface area contributed by atoms with E-state index in [-0.39, 0.29) is 4.90 Å². The maximum Gasteiger partial charge on any atom is 0.264 e. The second-order valence-corrected chi connectivity index (χ2v) is 7.25. The van der Waals surface area contributed by atoms with Crippen LogP contribution in [0.4, 0.5) is 5.69 Å². The molecular formula is C20H19NO3S. The summed E-state index contributed by atoms with van der Waals surface area (Å²) in [5.41, 5.74) is 0.603. The van der Waals surface area contributed by atoms with Gasteiger partial charge in [-0.3, -0.25) is 4.31 Å². The first-order valence-electron chi connectivity index (χ1n) is 8.02. The van der Waals surface area contributed by atoms with Crippen LogP contribution in [0.2, 0.25) is 0 Å². The fourth-order valence-corrected chi connectivity index (χ4v) is 4.01. The highest BCUT2D eigenvalue weighted by atomic mass is 32.2. The topological polar surface area (TPSA) is 46.6 Å². The minimum atomic E-state index is -3.58. The molecule has 0 fully saturated rings. The van der Waals surface area contributed by atoms with Gasteiger partial charge in [-0.15, -0.1) is 0 Å². The first-order chi connectivity index (χ1) is 12.1. The fraction of sp³-hybridized carbons (Fsp3) is 0.100. The minimum Gasteiger partial charge on any atom is -0.457 e. The standard InChI is InChI=1S/C20H19NO3S/c1-2-21(25(22,23)20-11-7-4-8-12-20)17-13-15-19(16-14-17)24-18-9-5-3-6-10-18/h3-16H,2H2,1H3. The number of hydrogen-bond donors (Lipinski definition) is 0. The van der Waals surface area contributed by atoms with Crippen molar-refractivity contribution in [2.75, 3.05) is 10.8 Å². The molecule has 0 radical (unpaired) electrons. The first kappa shape index (κ1) is 17.0. The maximum absolute atomic E-state index is 12.8. The van der Waals surface area contributed by atoms with E-state index in [2.05, 4.69) is 0 Å². The van der Waals surface area contributed by atoms with E-state index in [0.29, 0.717) is 18.0 Å². The van der Waals surface area contributed by atoms with E-state index in [1.165, 1.54) is 4.31 Å². The Labute approximate surface area is 148 Å². The zero-order chi connectivity index (χ0) is 17.7. The Morgan fingerprint density at radius 1 is 0.760 bits per heavy atom. The molecule has 0 unspecified atom stereocenters. The predicted octanol–water partition coefficient (Wildman–Crippen LogP) is 4.69. The van der Waals surface area contributed by atoms with Crippen molar-refractivity contribution in [3.63, 3.8) is 0 Å². The van der Waals surface area contributed by atoms with Crippen LogP contribution in [0.15, 0.2) is 89.8 Å². The molecule has 0 aromatic heterocycles. The van der Waals surface area contributed by atoms with Crippen molar-refractivity contribution in [3.8, 4) is 11.5 Å². The molecule has 0 spiro atoms. The molecule has 0 N–H and O–H groups in total. The SMILES string of the molecule is CCN(c1ccc(Oc2ccccc2)cc1)S(=O)(=O)c1ccccc1. The summed E-state index contributed by atoms with van der Waals surface area (Å²) in [4.78, 5) is 0.279. The van der Waals surface area contributed by atoms with E-state index < -0.39 is 10.0 Å². The molecule has 25 heavy (non-hydrogen) atoms. The van der Waals surface area contributed by atoms with E-state index in [4.69, 9.17) is 4.74 Å². The number of anilines is 1. The van der Waals surface area contributed by atoms with Crippen LogP contribution in [0.5, 0.6) is 11.5 Å². The minimum absolute atomic E-state index is 0.279. The normalized spacial score (nSPS) is 11.1. The van der Waals surface area contributed by atoms with Gasteiger partial charge in [0.25, 0.3) is 10.0 Å². The Balaban J connectivity index is 1.85. The Morgan fingerprint density at radius 2 is 1.28 bits per heavy atom. The molecule has 0 saturated heterocycles. The van der Waals surface area contributed by atoms with E-state index in [1.54, 1.807) is 54.6 Å². The fourth-order valence-electron chi connectivity index (χ4n) is 2.52. The second-order valence-electron chi connectivity index (χ2n) is 5.39. The molecule has 3 aromatic carbocycles. The van der Waals surface area contributed by atoms with Crippen LogP contribution in [0.25, 0.3) is 0 Å². The van der Waals surface area contributed by atoms with Gasteiger partial charge in [-0.2, -0.15) is 0 Å².